The first kappa shape index (κ1) is 16.0. The van der Waals surface area contributed by atoms with Crippen LogP contribution in [0.2, 0.25) is 0 Å². The molecule has 6 nitrogen and oxygen atoms in total. The van der Waals surface area contributed by atoms with Crippen LogP contribution in [0.5, 0.6) is 0 Å². The van der Waals surface area contributed by atoms with Gasteiger partial charge in [-0.05, 0) is 18.4 Å². The van der Waals surface area contributed by atoms with E-state index >= 15 is 0 Å². The summed E-state index contributed by atoms with van der Waals surface area (Å²) in [6.45, 7) is 0.270. The van der Waals surface area contributed by atoms with Gasteiger partial charge in [0, 0.05) is 42.9 Å². The van der Waals surface area contributed by atoms with Crippen molar-refractivity contribution < 1.29 is 14.6 Å². The molecule has 3 heterocycles. The van der Waals surface area contributed by atoms with Crippen LogP contribution in [-0.4, -0.2) is 38.2 Å². The number of fused-ring (bicyclic) bond motifs is 2. The van der Waals surface area contributed by atoms with Crippen molar-refractivity contribution in [2.75, 3.05) is 0 Å². The van der Waals surface area contributed by atoms with Gasteiger partial charge < -0.3 is 14.7 Å². The van der Waals surface area contributed by atoms with Gasteiger partial charge in [-0.15, -0.1) is 0 Å². The monoisotopic (exact) mass is 339 g/mol. The Bertz CT molecular complexity index is 724. The van der Waals surface area contributed by atoms with Crippen LogP contribution in [0.3, 0.4) is 0 Å². The number of aliphatic hydroxyl groups is 1. The van der Waals surface area contributed by atoms with E-state index in [9.17, 15) is 9.90 Å². The maximum absolute atomic E-state index is 12.6. The zero-order valence-electron chi connectivity index (χ0n) is 13.9. The number of carbonyl (C=O) groups excluding carboxylic acids is 1. The molecule has 2 aliphatic rings. The minimum Gasteiger partial charge on any atom is -0.445 e. The van der Waals surface area contributed by atoms with Crippen molar-refractivity contribution in [1.29, 1.82) is 0 Å². The molecule has 1 N–H and O–H groups in total. The first-order chi connectivity index (χ1) is 12.2. The summed E-state index contributed by atoms with van der Waals surface area (Å²) in [5, 5.41) is 11.1. The molecule has 130 valence electrons. The average Bonchev–Trinajstić information content (AvgIpc) is 2.93. The molecule has 4 rings (SSSR count). The van der Waals surface area contributed by atoms with E-state index < -0.39 is 5.60 Å². The molecule has 2 aliphatic heterocycles. The summed E-state index contributed by atoms with van der Waals surface area (Å²) in [6.07, 6.45) is 7.27. The van der Waals surface area contributed by atoms with Crippen molar-refractivity contribution in [3.63, 3.8) is 0 Å². The summed E-state index contributed by atoms with van der Waals surface area (Å²) in [5.74, 6) is 0. The van der Waals surface area contributed by atoms with Crippen molar-refractivity contribution in [2.45, 2.75) is 50.0 Å². The van der Waals surface area contributed by atoms with Crippen LogP contribution >= 0.6 is 0 Å². The molecule has 6 heteroatoms. The minimum atomic E-state index is -0.969. The Morgan fingerprint density at radius 3 is 2.44 bits per heavy atom. The Morgan fingerprint density at radius 2 is 1.80 bits per heavy atom. The zero-order valence-corrected chi connectivity index (χ0v) is 13.9. The number of hydrogen-bond acceptors (Lipinski definition) is 5. The molecule has 25 heavy (non-hydrogen) atoms. The van der Waals surface area contributed by atoms with E-state index in [1.54, 1.807) is 12.4 Å². The summed E-state index contributed by atoms with van der Waals surface area (Å²) in [4.78, 5) is 22.4. The van der Waals surface area contributed by atoms with Crippen molar-refractivity contribution >= 4 is 6.09 Å². The zero-order chi connectivity index (χ0) is 17.3. The number of amides is 1. The fraction of sp³-hybridized carbons (Fsp3) is 0.421. The molecular formula is C19H21N3O3. The number of piperidine rings is 1. The van der Waals surface area contributed by atoms with Gasteiger partial charge in [0.1, 0.15) is 12.9 Å². The number of ether oxygens (including phenoxy) is 1. The predicted octanol–water partition coefficient (Wildman–Crippen LogP) is 2.63. The standard InChI is InChI=1S/C19H21N3O3/c23-18(25-12-14-4-2-1-3-5-14)22-16-6-7-17(22)9-19(24,8-16)15-10-20-13-21-11-15/h1-5,10-11,13,16-17,24H,6-9,12H2. The van der Waals surface area contributed by atoms with Gasteiger partial charge in [-0.3, -0.25) is 0 Å². The molecule has 1 aromatic carbocycles. The maximum Gasteiger partial charge on any atom is 0.410 e. The van der Waals surface area contributed by atoms with E-state index in [1.807, 2.05) is 35.2 Å². The topological polar surface area (TPSA) is 75.5 Å². The Hall–Kier alpha value is -2.47. The number of hydrogen-bond donors (Lipinski definition) is 1. The molecular weight excluding hydrogens is 318 g/mol. The first-order valence-corrected chi connectivity index (χ1v) is 8.63. The summed E-state index contributed by atoms with van der Waals surface area (Å²) < 4.78 is 5.50. The molecule has 0 aliphatic carbocycles. The van der Waals surface area contributed by atoms with Crippen molar-refractivity contribution in [3.05, 3.63) is 60.2 Å². The second-order valence-corrected chi connectivity index (χ2v) is 6.90. The smallest absolute Gasteiger partial charge is 0.410 e. The first-order valence-electron chi connectivity index (χ1n) is 8.63. The molecule has 2 fully saturated rings. The summed E-state index contributed by atoms with van der Waals surface area (Å²) in [6, 6.07) is 9.65. The van der Waals surface area contributed by atoms with E-state index in [0.717, 1.165) is 24.0 Å². The van der Waals surface area contributed by atoms with Crippen LogP contribution in [0.1, 0.15) is 36.8 Å². The average molecular weight is 339 g/mol. The highest BCUT2D eigenvalue weighted by atomic mass is 16.6. The van der Waals surface area contributed by atoms with Crippen molar-refractivity contribution in [2.24, 2.45) is 0 Å². The largest absolute Gasteiger partial charge is 0.445 e. The summed E-state index contributed by atoms with van der Waals surface area (Å²) >= 11 is 0. The molecule has 1 amide bonds. The number of aromatic nitrogens is 2. The van der Waals surface area contributed by atoms with Gasteiger partial charge in [0.15, 0.2) is 0 Å². The Kier molecular flexibility index (Phi) is 4.13. The number of nitrogens with zero attached hydrogens (tertiary/aromatic N) is 3. The summed E-state index contributed by atoms with van der Waals surface area (Å²) in [7, 11) is 0. The fourth-order valence-electron chi connectivity index (χ4n) is 4.09. The second kappa shape index (κ2) is 6.44. The van der Waals surface area contributed by atoms with Crippen molar-refractivity contribution in [1.82, 2.24) is 14.9 Å². The Balaban J connectivity index is 1.44. The maximum atomic E-state index is 12.6. The van der Waals surface area contributed by atoms with Crippen LogP contribution in [0.25, 0.3) is 0 Å². The normalized spacial score (nSPS) is 28.0. The molecule has 0 radical (unpaired) electrons. The lowest BCUT2D eigenvalue weighted by Gasteiger charge is -2.43. The lowest BCUT2D eigenvalue weighted by atomic mass is 9.82. The van der Waals surface area contributed by atoms with E-state index in [4.69, 9.17) is 4.74 Å². The van der Waals surface area contributed by atoms with Crippen LogP contribution in [-0.2, 0) is 16.9 Å². The van der Waals surface area contributed by atoms with Crippen LogP contribution in [0, 0.1) is 0 Å². The van der Waals surface area contributed by atoms with Gasteiger partial charge in [0.05, 0.1) is 5.60 Å². The fourth-order valence-corrected chi connectivity index (χ4v) is 4.09. The third-order valence-electron chi connectivity index (χ3n) is 5.28. The predicted molar refractivity (Wildman–Crippen MR) is 90.4 cm³/mol. The molecule has 0 spiro atoms. The van der Waals surface area contributed by atoms with Gasteiger partial charge in [-0.2, -0.15) is 0 Å². The van der Waals surface area contributed by atoms with Crippen LogP contribution in [0.15, 0.2) is 49.1 Å². The molecule has 1 aromatic heterocycles. The second-order valence-electron chi connectivity index (χ2n) is 6.90. The van der Waals surface area contributed by atoms with E-state index in [-0.39, 0.29) is 24.8 Å². The van der Waals surface area contributed by atoms with Gasteiger partial charge in [-0.1, -0.05) is 30.3 Å². The third kappa shape index (κ3) is 3.09. The van der Waals surface area contributed by atoms with Gasteiger partial charge in [-0.25, -0.2) is 14.8 Å². The van der Waals surface area contributed by atoms with E-state index in [1.165, 1.54) is 6.33 Å². The van der Waals surface area contributed by atoms with E-state index in [0.29, 0.717) is 12.8 Å². The minimum absolute atomic E-state index is 0.00719. The SMILES string of the molecule is O=C(OCc1ccccc1)N1C2CCC1CC(O)(c1cncnc1)C2. The molecule has 2 saturated heterocycles. The molecule has 2 unspecified atom stereocenters. The van der Waals surface area contributed by atoms with Crippen LogP contribution < -0.4 is 0 Å². The molecule has 0 saturated carbocycles. The Morgan fingerprint density at radius 1 is 1.16 bits per heavy atom. The van der Waals surface area contributed by atoms with Gasteiger partial charge in [0.2, 0.25) is 0 Å². The molecule has 2 aromatic rings. The lowest BCUT2D eigenvalue weighted by Crippen LogP contribution is -2.52. The van der Waals surface area contributed by atoms with Crippen molar-refractivity contribution in [3.8, 4) is 0 Å². The molecule has 2 atom stereocenters. The van der Waals surface area contributed by atoms with Crippen LogP contribution in [0.4, 0.5) is 4.79 Å². The molecule has 2 bridgehead atoms. The summed E-state index contributed by atoms with van der Waals surface area (Å²) in [5.41, 5.74) is 0.728. The highest BCUT2D eigenvalue weighted by Crippen LogP contribution is 2.45. The lowest BCUT2D eigenvalue weighted by molar-refractivity contribution is -0.0540. The van der Waals surface area contributed by atoms with E-state index in [2.05, 4.69) is 9.97 Å². The highest BCUT2D eigenvalue weighted by Gasteiger charge is 2.50. The number of carbonyl (C=O) groups is 1. The number of benzene rings is 1. The highest BCUT2D eigenvalue weighted by molar-refractivity contribution is 5.69. The van der Waals surface area contributed by atoms with Gasteiger partial charge in [0.25, 0.3) is 0 Å². The quantitative estimate of drug-likeness (QED) is 0.930. The van der Waals surface area contributed by atoms with Gasteiger partial charge >= 0.3 is 6.09 Å². The third-order valence-corrected chi connectivity index (χ3v) is 5.28. The Labute approximate surface area is 146 Å². The number of rotatable bonds is 3.